The largest absolute Gasteiger partial charge is 0.352 e. The number of amides is 1. The van der Waals surface area contributed by atoms with Gasteiger partial charge in [0, 0.05) is 11.4 Å². The molecule has 1 aliphatic rings. The van der Waals surface area contributed by atoms with Crippen molar-refractivity contribution in [2.75, 3.05) is 0 Å². The lowest BCUT2D eigenvalue weighted by Crippen LogP contribution is -2.46. The number of nitrogens with one attached hydrogen (secondary N) is 1. The summed E-state index contributed by atoms with van der Waals surface area (Å²) in [6.45, 7) is 6.49. The molecule has 0 bridgehead atoms. The summed E-state index contributed by atoms with van der Waals surface area (Å²) < 4.78 is 0. The Morgan fingerprint density at radius 3 is 2.88 bits per heavy atom. The van der Waals surface area contributed by atoms with Gasteiger partial charge in [0.25, 0.3) is 0 Å². The molecule has 1 aromatic carbocycles. The van der Waals surface area contributed by atoms with E-state index < -0.39 is 0 Å². The predicted octanol–water partition coefficient (Wildman–Crippen LogP) is 4.05. The number of fused-ring (bicyclic) bond motifs is 1. The molecule has 1 fully saturated rings. The predicted molar refractivity (Wildman–Crippen MR) is 99.0 cm³/mol. The van der Waals surface area contributed by atoms with E-state index in [0.29, 0.717) is 17.9 Å². The highest BCUT2D eigenvalue weighted by Gasteiger charge is 2.29. The van der Waals surface area contributed by atoms with Crippen LogP contribution >= 0.6 is 11.8 Å². The number of nitrogens with zero attached hydrogens (tertiary/aromatic N) is 2. The topological polar surface area (TPSA) is 54.9 Å². The quantitative estimate of drug-likeness (QED) is 0.672. The third-order valence-corrected chi connectivity index (χ3v) is 6.31. The lowest BCUT2D eigenvalue weighted by molar-refractivity contribution is -0.121. The number of para-hydroxylation sites is 1. The molecule has 1 amide bonds. The molecule has 3 rings (SSSR count). The van der Waals surface area contributed by atoms with Crippen LogP contribution in [0.2, 0.25) is 0 Å². The first-order chi connectivity index (χ1) is 11.6. The molecule has 0 saturated heterocycles. The Hall–Kier alpha value is -1.62. The molecule has 1 aliphatic carbocycles. The van der Waals surface area contributed by atoms with Gasteiger partial charge in [0.15, 0.2) is 0 Å². The Balaban J connectivity index is 1.67. The molecule has 4 atom stereocenters. The Morgan fingerprint density at radius 1 is 1.25 bits per heavy atom. The fraction of sp³-hybridized carbons (Fsp3) is 0.526. The van der Waals surface area contributed by atoms with Gasteiger partial charge in [-0.05, 0) is 31.2 Å². The standard InChI is InChI=1S/C19H25N3OS/c1-12-7-6-10-16(13(12)2)22-18(23)14(3)24-19-15-8-4-5-9-17(15)20-11-21-19/h4-5,8-9,11-14,16H,6-7,10H2,1-3H3,(H,22,23)/t12-,13+,14+,16-/m0/s1. The summed E-state index contributed by atoms with van der Waals surface area (Å²) in [7, 11) is 0. The highest BCUT2D eigenvalue weighted by molar-refractivity contribution is 8.00. The lowest BCUT2D eigenvalue weighted by atomic mass is 9.78. The molecular formula is C19H25N3OS. The molecule has 0 spiro atoms. The molecule has 1 heterocycles. The first-order valence-corrected chi connectivity index (χ1v) is 9.61. The molecule has 1 saturated carbocycles. The number of hydrogen-bond acceptors (Lipinski definition) is 4. The van der Waals surface area contributed by atoms with Crippen LogP contribution in [-0.4, -0.2) is 27.2 Å². The van der Waals surface area contributed by atoms with E-state index in [1.807, 2.05) is 31.2 Å². The average molecular weight is 343 g/mol. The number of rotatable bonds is 4. The van der Waals surface area contributed by atoms with E-state index >= 15 is 0 Å². The van der Waals surface area contributed by atoms with Crippen LogP contribution < -0.4 is 5.32 Å². The Kier molecular flexibility index (Phi) is 5.39. The number of benzene rings is 1. The zero-order valence-corrected chi connectivity index (χ0v) is 15.3. The molecule has 2 aromatic rings. The third-order valence-electron chi connectivity index (χ3n) is 5.20. The van der Waals surface area contributed by atoms with Crippen molar-refractivity contribution < 1.29 is 4.79 Å². The van der Waals surface area contributed by atoms with E-state index in [4.69, 9.17) is 0 Å². The van der Waals surface area contributed by atoms with Crippen LogP contribution in [0.15, 0.2) is 35.6 Å². The maximum absolute atomic E-state index is 12.6. The summed E-state index contributed by atoms with van der Waals surface area (Å²) in [5.74, 6) is 1.33. The number of aromatic nitrogens is 2. The summed E-state index contributed by atoms with van der Waals surface area (Å²) in [5, 5.41) is 4.96. The molecule has 128 valence electrons. The summed E-state index contributed by atoms with van der Waals surface area (Å²) in [5.41, 5.74) is 0.914. The monoisotopic (exact) mass is 343 g/mol. The molecule has 0 unspecified atom stereocenters. The van der Waals surface area contributed by atoms with E-state index in [2.05, 4.69) is 29.1 Å². The van der Waals surface area contributed by atoms with E-state index in [1.165, 1.54) is 24.6 Å². The summed E-state index contributed by atoms with van der Waals surface area (Å²) in [6.07, 6.45) is 5.13. The van der Waals surface area contributed by atoms with Crippen molar-refractivity contribution in [2.45, 2.75) is 56.4 Å². The van der Waals surface area contributed by atoms with E-state index in [9.17, 15) is 4.79 Å². The molecular weight excluding hydrogens is 318 g/mol. The minimum Gasteiger partial charge on any atom is -0.352 e. The van der Waals surface area contributed by atoms with Crippen LogP contribution in [0.5, 0.6) is 0 Å². The highest BCUT2D eigenvalue weighted by atomic mass is 32.2. The second kappa shape index (κ2) is 7.51. The van der Waals surface area contributed by atoms with Crippen LogP contribution in [0.3, 0.4) is 0 Å². The molecule has 1 aromatic heterocycles. The summed E-state index contributed by atoms with van der Waals surface area (Å²) in [4.78, 5) is 21.3. The lowest BCUT2D eigenvalue weighted by Gasteiger charge is -2.35. The van der Waals surface area contributed by atoms with Gasteiger partial charge in [0.05, 0.1) is 10.8 Å². The Morgan fingerprint density at radius 2 is 2.04 bits per heavy atom. The number of thioether (sulfide) groups is 1. The van der Waals surface area contributed by atoms with Crippen LogP contribution in [0, 0.1) is 11.8 Å². The van der Waals surface area contributed by atoms with Crippen molar-refractivity contribution in [3.05, 3.63) is 30.6 Å². The van der Waals surface area contributed by atoms with Gasteiger partial charge in [-0.2, -0.15) is 0 Å². The first kappa shape index (κ1) is 17.2. The Labute approximate surface area is 147 Å². The van der Waals surface area contributed by atoms with E-state index in [0.717, 1.165) is 22.3 Å². The van der Waals surface area contributed by atoms with Gasteiger partial charge in [-0.15, -0.1) is 0 Å². The van der Waals surface area contributed by atoms with Crippen molar-refractivity contribution in [1.29, 1.82) is 0 Å². The van der Waals surface area contributed by atoms with Crippen molar-refractivity contribution in [3.63, 3.8) is 0 Å². The van der Waals surface area contributed by atoms with E-state index in [1.54, 1.807) is 6.33 Å². The number of hydrogen-bond donors (Lipinski definition) is 1. The van der Waals surface area contributed by atoms with Crippen LogP contribution in [0.1, 0.15) is 40.0 Å². The van der Waals surface area contributed by atoms with Gasteiger partial charge in [0.1, 0.15) is 11.4 Å². The van der Waals surface area contributed by atoms with E-state index in [-0.39, 0.29) is 11.2 Å². The normalized spacial score (nSPS) is 25.4. The zero-order chi connectivity index (χ0) is 17.1. The fourth-order valence-electron chi connectivity index (χ4n) is 3.38. The zero-order valence-electron chi connectivity index (χ0n) is 14.5. The SMILES string of the molecule is C[C@H]1[C@@H](NC(=O)[C@@H](C)Sc2ncnc3ccccc23)CCC[C@@H]1C. The van der Waals surface area contributed by atoms with Crippen molar-refractivity contribution in [3.8, 4) is 0 Å². The summed E-state index contributed by atoms with van der Waals surface area (Å²) >= 11 is 1.51. The fourth-order valence-corrected chi connectivity index (χ4v) is 4.30. The van der Waals surface area contributed by atoms with Gasteiger partial charge in [-0.25, -0.2) is 9.97 Å². The summed E-state index contributed by atoms with van der Waals surface area (Å²) in [6, 6.07) is 8.22. The minimum absolute atomic E-state index is 0.105. The van der Waals surface area contributed by atoms with Gasteiger partial charge in [-0.1, -0.05) is 56.7 Å². The Bertz CT molecular complexity index is 715. The molecule has 24 heavy (non-hydrogen) atoms. The number of carbonyl (C=O) groups is 1. The second-order valence-corrected chi connectivity index (χ2v) is 8.17. The van der Waals surface area contributed by atoms with Crippen LogP contribution in [-0.2, 0) is 4.79 Å². The van der Waals surface area contributed by atoms with Crippen molar-refractivity contribution >= 4 is 28.6 Å². The molecule has 4 nitrogen and oxygen atoms in total. The third kappa shape index (κ3) is 3.72. The van der Waals surface area contributed by atoms with Crippen molar-refractivity contribution in [2.24, 2.45) is 11.8 Å². The first-order valence-electron chi connectivity index (χ1n) is 8.73. The van der Waals surface area contributed by atoms with Crippen LogP contribution in [0.25, 0.3) is 10.9 Å². The molecule has 0 aliphatic heterocycles. The molecule has 5 heteroatoms. The van der Waals surface area contributed by atoms with Crippen LogP contribution in [0.4, 0.5) is 0 Å². The van der Waals surface area contributed by atoms with Gasteiger partial charge in [0.2, 0.25) is 5.91 Å². The van der Waals surface area contributed by atoms with Gasteiger partial charge < -0.3 is 5.32 Å². The second-order valence-electron chi connectivity index (χ2n) is 6.84. The van der Waals surface area contributed by atoms with Crippen molar-refractivity contribution in [1.82, 2.24) is 15.3 Å². The average Bonchev–Trinajstić information content (AvgIpc) is 2.59. The maximum Gasteiger partial charge on any atom is 0.233 e. The van der Waals surface area contributed by atoms with Gasteiger partial charge in [-0.3, -0.25) is 4.79 Å². The number of carbonyl (C=O) groups excluding carboxylic acids is 1. The highest BCUT2D eigenvalue weighted by Crippen LogP contribution is 2.31. The smallest absolute Gasteiger partial charge is 0.233 e. The molecule has 0 radical (unpaired) electrons. The van der Waals surface area contributed by atoms with Gasteiger partial charge >= 0.3 is 0 Å². The molecule has 1 N–H and O–H groups in total. The minimum atomic E-state index is -0.173. The maximum atomic E-state index is 12.6.